The first-order valence-corrected chi connectivity index (χ1v) is 9.14. The second kappa shape index (κ2) is 5.88. The van der Waals surface area contributed by atoms with Crippen molar-refractivity contribution in [3.63, 3.8) is 0 Å². The molecular weight excluding hydrogens is 332 g/mol. The van der Waals surface area contributed by atoms with E-state index < -0.39 is 10.0 Å². The lowest BCUT2D eigenvalue weighted by Crippen LogP contribution is -2.22. The molecule has 0 unspecified atom stereocenters. The lowest BCUT2D eigenvalue weighted by Gasteiger charge is -2.11. The highest BCUT2D eigenvalue weighted by Gasteiger charge is 2.18. The molecule has 0 saturated heterocycles. The smallest absolute Gasteiger partial charge is 0.244 e. The summed E-state index contributed by atoms with van der Waals surface area (Å²) in [4.78, 5) is 8.70. The molecule has 6 nitrogen and oxygen atoms in total. The Hall–Kier alpha value is -2.03. The Kier molecular flexibility index (Phi) is 4.05. The van der Waals surface area contributed by atoms with Crippen LogP contribution in [0.25, 0.3) is 21.3 Å². The number of nitrogens with one attached hydrogen (secondary N) is 1. The summed E-state index contributed by atoms with van der Waals surface area (Å²) in [7, 11) is 1.34. The third-order valence-electron chi connectivity index (χ3n) is 3.43. The third kappa shape index (κ3) is 2.92. The fourth-order valence-electron chi connectivity index (χ4n) is 2.14. The molecule has 8 heteroatoms. The number of anilines is 1. The molecule has 3 aromatic rings. The van der Waals surface area contributed by atoms with Crippen LogP contribution in [-0.4, -0.2) is 43.8 Å². The van der Waals surface area contributed by atoms with Crippen LogP contribution < -0.4 is 5.32 Å². The van der Waals surface area contributed by atoms with Crippen molar-refractivity contribution >= 4 is 36.7 Å². The Morgan fingerprint density at radius 2 is 1.91 bits per heavy atom. The summed E-state index contributed by atoms with van der Waals surface area (Å²) in [6.45, 7) is 0. The van der Waals surface area contributed by atoms with Crippen molar-refractivity contribution in [3.8, 4) is 11.1 Å². The first kappa shape index (κ1) is 15.9. The van der Waals surface area contributed by atoms with Gasteiger partial charge >= 0.3 is 0 Å². The van der Waals surface area contributed by atoms with Gasteiger partial charge in [0.15, 0.2) is 5.13 Å². The van der Waals surface area contributed by atoms with Crippen molar-refractivity contribution < 1.29 is 8.42 Å². The average Bonchev–Trinajstić information content (AvgIpc) is 2.97. The highest BCUT2D eigenvalue weighted by atomic mass is 32.2. The monoisotopic (exact) mass is 348 g/mol. The molecular formula is C15H16N4O2S2. The van der Waals surface area contributed by atoms with Crippen LogP contribution in [0, 0.1) is 0 Å². The minimum atomic E-state index is -3.50. The summed E-state index contributed by atoms with van der Waals surface area (Å²) in [5.41, 5.74) is 2.58. The Morgan fingerprint density at radius 1 is 1.13 bits per heavy atom. The highest BCUT2D eigenvalue weighted by Crippen LogP contribution is 2.30. The summed E-state index contributed by atoms with van der Waals surface area (Å²) >= 11 is 1.55. The number of benzene rings is 1. The standard InChI is InChI=1S/C15H16N4O2S2/c1-16-15-18-13-5-4-10(7-14(13)22-15)11-6-12(9-17-8-11)23(20,21)19(2)3/h4-9H,1-3H3,(H,16,18). The van der Waals surface area contributed by atoms with E-state index in [0.29, 0.717) is 0 Å². The molecule has 0 atom stereocenters. The van der Waals surface area contributed by atoms with Crippen LogP contribution in [0.5, 0.6) is 0 Å². The Labute approximate surface area is 138 Å². The second-order valence-electron chi connectivity index (χ2n) is 5.15. The lowest BCUT2D eigenvalue weighted by molar-refractivity contribution is 0.520. The number of rotatable bonds is 4. The van der Waals surface area contributed by atoms with Gasteiger partial charge in [0.1, 0.15) is 4.90 Å². The summed E-state index contributed by atoms with van der Waals surface area (Å²) in [6.07, 6.45) is 3.03. The van der Waals surface area contributed by atoms with Crippen LogP contribution in [0.4, 0.5) is 5.13 Å². The van der Waals surface area contributed by atoms with E-state index in [1.807, 2.05) is 25.2 Å². The van der Waals surface area contributed by atoms with E-state index in [4.69, 9.17) is 0 Å². The topological polar surface area (TPSA) is 75.2 Å². The number of sulfonamides is 1. The fourth-order valence-corrected chi connectivity index (χ4v) is 3.89. The van der Waals surface area contributed by atoms with Crippen molar-refractivity contribution in [3.05, 3.63) is 36.7 Å². The maximum atomic E-state index is 12.2. The quantitative estimate of drug-likeness (QED) is 0.784. The molecule has 0 amide bonds. The molecule has 0 radical (unpaired) electrons. The largest absolute Gasteiger partial charge is 0.365 e. The predicted octanol–water partition coefficient (Wildman–Crippen LogP) is 2.65. The van der Waals surface area contributed by atoms with Gasteiger partial charge in [-0.25, -0.2) is 17.7 Å². The zero-order valence-corrected chi connectivity index (χ0v) is 14.6. The molecule has 3 rings (SSSR count). The Morgan fingerprint density at radius 3 is 2.61 bits per heavy atom. The molecule has 0 spiro atoms. The van der Waals surface area contributed by atoms with Gasteiger partial charge in [-0.3, -0.25) is 4.98 Å². The first-order chi connectivity index (χ1) is 10.9. The number of hydrogen-bond acceptors (Lipinski definition) is 6. The van der Waals surface area contributed by atoms with E-state index in [1.165, 1.54) is 24.6 Å². The van der Waals surface area contributed by atoms with E-state index in [2.05, 4.69) is 15.3 Å². The number of hydrogen-bond donors (Lipinski definition) is 1. The maximum absolute atomic E-state index is 12.2. The van der Waals surface area contributed by atoms with Gasteiger partial charge in [0, 0.05) is 39.1 Å². The van der Waals surface area contributed by atoms with Gasteiger partial charge in [-0.05, 0) is 23.8 Å². The Bertz CT molecular complexity index is 965. The van der Waals surface area contributed by atoms with Gasteiger partial charge < -0.3 is 5.32 Å². The molecule has 0 fully saturated rings. The molecule has 23 heavy (non-hydrogen) atoms. The molecule has 1 N–H and O–H groups in total. The van der Waals surface area contributed by atoms with Crippen LogP contribution in [0.3, 0.4) is 0 Å². The van der Waals surface area contributed by atoms with Crippen LogP contribution in [0.2, 0.25) is 0 Å². The minimum absolute atomic E-state index is 0.181. The molecule has 0 aliphatic heterocycles. The van der Waals surface area contributed by atoms with Gasteiger partial charge in [0.05, 0.1) is 10.2 Å². The van der Waals surface area contributed by atoms with Gasteiger partial charge in [-0.2, -0.15) is 0 Å². The summed E-state index contributed by atoms with van der Waals surface area (Å²) in [5, 5.41) is 3.87. The molecule has 0 aliphatic rings. The number of pyridine rings is 1. The van der Waals surface area contributed by atoms with Gasteiger partial charge in [-0.15, -0.1) is 0 Å². The zero-order valence-electron chi connectivity index (χ0n) is 12.9. The molecule has 2 aromatic heterocycles. The minimum Gasteiger partial charge on any atom is -0.365 e. The molecule has 2 heterocycles. The van der Waals surface area contributed by atoms with E-state index >= 15 is 0 Å². The first-order valence-electron chi connectivity index (χ1n) is 6.88. The molecule has 0 saturated carbocycles. The number of aromatic nitrogens is 2. The summed E-state index contributed by atoms with van der Waals surface area (Å²) in [5.74, 6) is 0. The van der Waals surface area contributed by atoms with Crippen molar-refractivity contribution in [2.24, 2.45) is 0 Å². The normalized spacial score (nSPS) is 12.0. The lowest BCUT2D eigenvalue weighted by atomic mass is 10.1. The second-order valence-corrected chi connectivity index (χ2v) is 8.33. The van der Waals surface area contributed by atoms with E-state index in [-0.39, 0.29) is 4.90 Å². The number of fused-ring (bicyclic) bond motifs is 1. The Balaban J connectivity index is 2.08. The predicted molar refractivity (Wildman–Crippen MR) is 93.3 cm³/mol. The van der Waals surface area contributed by atoms with Crippen LogP contribution in [0.1, 0.15) is 0 Å². The zero-order chi connectivity index (χ0) is 16.6. The van der Waals surface area contributed by atoms with E-state index in [9.17, 15) is 8.42 Å². The molecule has 0 bridgehead atoms. The van der Waals surface area contributed by atoms with Crippen LogP contribution in [0.15, 0.2) is 41.6 Å². The SMILES string of the molecule is CNc1nc2ccc(-c3cncc(S(=O)(=O)N(C)C)c3)cc2s1. The molecule has 1 aromatic carbocycles. The van der Waals surface area contributed by atoms with Crippen molar-refractivity contribution in [2.45, 2.75) is 4.90 Å². The summed E-state index contributed by atoms with van der Waals surface area (Å²) < 4.78 is 26.7. The molecule has 120 valence electrons. The van der Waals surface area contributed by atoms with Crippen molar-refractivity contribution in [2.75, 3.05) is 26.5 Å². The highest BCUT2D eigenvalue weighted by molar-refractivity contribution is 7.89. The van der Waals surface area contributed by atoms with Gasteiger partial charge in [0.2, 0.25) is 10.0 Å². The van der Waals surface area contributed by atoms with Crippen molar-refractivity contribution in [1.29, 1.82) is 0 Å². The van der Waals surface area contributed by atoms with E-state index in [0.717, 1.165) is 26.5 Å². The van der Waals surface area contributed by atoms with Crippen molar-refractivity contribution in [1.82, 2.24) is 14.3 Å². The average molecular weight is 348 g/mol. The van der Waals surface area contributed by atoms with E-state index in [1.54, 1.807) is 23.6 Å². The molecule has 0 aliphatic carbocycles. The third-order valence-corrected chi connectivity index (χ3v) is 6.24. The summed E-state index contributed by atoms with van der Waals surface area (Å²) in [6, 6.07) is 7.49. The number of thiazole rings is 1. The fraction of sp³-hybridized carbons (Fsp3) is 0.200. The van der Waals surface area contributed by atoms with Crippen LogP contribution >= 0.6 is 11.3 Å². The van der Waals surface area contributed by atoms with Gasteiger partial charge in [0.25, 0.3) is 0 Å². The van der Waals surface area contributed by atoms with Gasteiger partial charge in [-0.1, -0.05) is 17.4 Å². The van der Waals surface area contributed by atoms with Crippen LogP contribution in [-0.2, 0) is 10.0 Å². The maximum Gasteiger partial charge on any atom is 0.244 e. The number of nitrogens with zero attached hydrogens (tertiary/aromatic N) is 3.